The highest BCUT2D eigenvalue weighted by molar-refractivity contribution is 5.46. The number of phenolic OH excluding ortho intramolecular Hbond substituents is 1. The van der Waals surface area contributed by atoms with Gasteiger partial charge in [-0.05, 0) is 43.4 Å². The minimum absolute atomic E-state index is 0.240. The molecular weight excluding hydrogens is 176 g/mol. The number of phenols is 1. The van der Waals surface area contributed by atoms with E-state index in [0.717, 1.165) is 17.7 Å². The first-order valence-corrected chi connectivity index (χ1v) is 5.07. The molecule has 1 aliphatic rings. The fourth-order valence-electron chi connectivity index (χ4n) is 1.94. The normalized spacial score (nSPS) is 25.4. The van der Waals surface area contributed by atoms with E-state index >= 15 is 0 Å². The molecule has 0 amide bonds. The standard InChI is InChI=1S/C12H16O2/c1-7-5-11-8(2)4-10(13)6-12(11)14-9(7)3/h4,6-7,9,13H,5H2,1-3H3. The Hall–Kier alpha value is -1.18. The van der Waals surface area contributed by atoms with Crippen LogP contribution in [0.4, 0.5) is 0 Å². The number of rotatable bonds is 0. The van der Waals surface area contributed by atoms with Crippen LogP contribution in [0.15, 0.2) is 12.1 Å². The highest BCUT2D eigenvalue weighted by Crippen LogP contribution is 2.35. The number of benzene rings is 1. The van der Waals surface area contributed by atoms with Crippen molar-refractivity contribution in [3.8, 4) is 11.5 Å². The molecular formula is C12H16O2. The first-order valence-electron chi connectivity index (χ1n) is 5.07. The number of aromatic hydroxyl groups is 1. The number of hydrogen-bond donors (Lipinski definition) is 1. The monoisotopic (exact) mass is 192 g/mol. The van der Waals surface area contributed by atoms with Gasteiger partial charge in [-0.3, -0.25) is 0 Å². The molecule has 1 N–H and O–H groups in total. The van der Waals surface area contributed by atoms with E-state index in [4.69, 9.17) is 4.74 Å². The van der Waals surface area contributed by atoms with Crippen LogP contribution in [0.5, 0.6) is 11.5 Å². The van der Waals surface area contributed by atoms with E-state index in [1.54, 1.807) is 12.1 Å². The Balaban J connectivity index is 2.46. The minimum atomic E-state index is 0.240. The van der Waals surface area contributed by atoms with E-state index in [2.05, 4.69) is 13.8 Å². The highest BCUT2D eigenvalue weighted by atomic mass is 16.5. The maximum Gasteiger partial charge on any atom is 0.126 e. The minimum Gasteiger partial charge on any atom is -0.508 e. The molecule has 76 valence electrons. The van der Waals surface area contributed by atoms with E-state index < -0.39 is 0 Å². The molecule has 2 rings (SSSR count). The van der Waals surface area contributed by atoms with Crippen molar-refractivity contribution in [1.29, 1.82) is 0 Å². The molecule has 2 unspecified atom stereocenters. The summed E-state index contributed by atoms with van der Waals surface area (Å²) in [5.74, 6) is 1.70. The molecule has 0 radical (unpaired) electrons. The summed E-state index contributed by atoms with van der Waals surface area (Å²) in [7, 11) is 0. The summed E-state index contributed by atoms with van der Waals surface area (Å²) in [5.41, 5.74) is 2.37. The van der Waals surface area contributed by atoms with Crippen LogP contribution in [-0.4, -0.2) is 11.2 Å². The van der Waals surface area contributed by atoms with Gasteiger partial charge in [0.15, 0.2) is 0 Å². The Bertz CT molecular complexity index is 358. The molecule has 1 aromatic rings. The third kappa shape index (κ3) is 1.45. The molecule has 0 bridgehead atoms. The van der Waals surface area contributed by atoms with Crippen molar-refractivity contribution in [2.24, 2.45) is 5.92 Å². The predicted molar refractivity (Wildman–Crippen MR) is 55.8 cm³/mol. The van der Waals surface area contributed by atoms with Gasteiger partial charge in [-0.15, -0.1) is 0 Å². The zero-order valence-corrected chi connectivity index (χ0v) is 8.87. The number of fused-ring (bicyclic) bond motifs is 1. The van der Waals surface area contributed by atoms with Crippen LogP contribution in [0.1, 0.15) is 25.0 Å². The average Bonchev–Trinajstić information content (AvgIpc) is 2.08. The van der Waals surface area contributed by atoms with Gasteiger partial charge in [-0.2, -0.15) is 0 Å². The summed E-state index contributed by atoms with van der Waals surface area (Å²) in [4.78, 5) is 0. The van der Waals surface area contributed by atoms with Crippen molar-refractivity contribution in [3.63, 3.8) is 0 Å². The molecule has 0 aliphatic carbocycles. The quantitative estimate of drug-likeness (QED) is 0.684. The van der Waals surface area contributed by atoms with Gasteiger partial charge in [0.2, 0.25) is 0 Å². The van der Waals surface area contributed by atoms with Crippen molar-refractivity contribution in [3.05, 3.63) is 23.3 Å². The van der Waals surface area contributed by atoms with Crippen LogP contribution in [0.25, 0.3) is 0 Å². The van der Waals surface area contributed by atoms with Gasteiger partial charge in [-0.25, -0.2) is 0 Å². The molecule has 2 nitrogen and oxygen atoms in total. The fourth-order valence-corrected chi connectivity index (χ4v) is 1.94. The lowest BCUT2D eigenvalue weighted by Crippen LogP contribution is -2.28. The van der Waals surface area contributed by atoms with E-state index in [-0.39, 0.29) is 6.10 Å². The average molecular weight is 192 g/mol. The molecule has 0 aromatic heterocycles. The Morgan fingerprint density at radius 3 is 2.79 bits per heavy atom. The second-order valence-corrected chi connectivity index (χ2v) is 4.24. The molecule has 14 heavy (non-hydrogen) atoms. The Morgan fingerprint density at radius 2 is 2.07 bits per heavy atom. The van der Waals surface area contributed by atoms with Crippen LogP contribution in [-0.2, 0) is 6.42 Å². The van der Waals surface area contributed by atoms with Gasteiger partial charge in [-0.1, -0.05) is 6.92 Å². The smallest absolute Gasteiger partial charge is 0.126 e. The summed E-state index contributed by atoms with van der Waals surface area (Å²) in [6.07, 6.45) is 1.28. The lowest BCUT2D eigenvalue weighted by Gasteiger charge is -2.30. The van der Waals surface area contributed by atoms with Crippen molar-refractivity contribution in [2.75, 3.05) is 0 Å². The van der Waals surface area contributed by atoms with Crippen LogP contribution < -0.4 is 4.74 Å². The van der Waals surface area contributed by atoms with E-state index in [1.807, 2.05) is 6.92 Å². The third-order valence-corrected chi connectivity index (χ3v) is 3.06. The van der Waals surface area contributed by atoms with Crippen LogP contribution in [0, 0.1) is 12.8 Å². The van der Waals surface area contributed by atoms with Crippen LogP contribution >= 0.6 is 0 Å². The second kappa shape index (κ2) is 3.19. The molecule has 2 heteroatoms. The molecule has 0 saturated carbocycles. The van der Waals surface area contributed by atoms with Gasteiger partial charge in [0, 0.05) is 6.07 Å². The Morgan fingerprint density at radius 1 is 1.36 bits per heavy atom. The zero-order chi connectivity index (χ0) is 10.3. The van der Waals surface area contributed by atoms with Crippen LogP contribution in [0.2, 0.25) is 0 Å². The molecule has 0 spiro atoms. The van der Waals surface area contributed by atoms with E-state index in [1.165, 1.54) is 5.56 Å². The topological polar surface area (TPSA) is 29.5 Å². The SMILES string of the molecule is Cc1cc(O)cc2c1CC(C)C(C)O2. The molecule has 0 saturated heterocycles. The third-order valence-electron chi connectivity index (χ3n) is 3.06. The highest BCUT2D eigenvalue weighted by Gasteiger charge is 2.24. The van der Waals surface area contributed by atoms with E-state index in [0.29, 0.717) is 11.7 Å². The number of aryl methyl sites for hydroxylation is 1. The molecule has 1 heterocycles. The van der Waals surface area contributed by atoms with Gasteiger partial charge >= 0.3 is 0 Å². The summed E-state index contributed by atoms with van der Waals surface area (Å²) in [5, 5.41) is 9.44. The van der Waals surface area contributed by atoms with E-state index in [9.17, 15) is 5.11 Å². The van der Waals surface area contributed by atoms with Crippen molar-refractivity contribution >= 4 is 0 Å². The first kappa shape index (κ1) is 9.38. The lowest BCUT2D eigenvalue weighted by molar-refractivity contribution is 0.139. The molecule has 1 aromatic carbocycles. The van der Waals surface area contributed by atoms with Gasteiger partial charge < -0.3 is 9.84 Å². The largest absolute Gasteiger partial charge is 0.508 e. The van der Waals surface area contributed by atoms with Crippen LogP contribution in [0.3, 0.4) is 0 Å². The summed E-state index contributed by atoms with van der Waals surface area (Å²) in [6.45, 7) is 6.29. The predicted octanol–water partition coefficient (Wildman–Crippen LogP) is 2.66. The molecule has 1 aliphatic heterocycles. The Labute approximate surface area is 84.5 Å². The second-order valence-electron chi connectivity index (χ2n) is 4.24. The summed E-state index contributed by atoms with van der Waals surface area (Å²) < 4.78 is 5.75. The fraction of sp³-hybridized carbons (Fsp3) is 0.500. The van der Waals surface area contributed by atoms with Crippen molar-refractivity contribution < 1.29 is 9.84 Å². The van der Waals surface area contributed by atoms with Crippen molar-refractivity contribution in [1.82, 2.24) is 0 Å². The van der Waals surface area contributed by atoms with Gasteiger partial charge in [0.25, 0.3) is 0 Å². The summed E-state index contributed by atoms with van der Waals surface area (Å²) >= 11 is 0. The van der Waals surface area contributed by atoms with Gasteiger partial charge in [0.1, 0.15) is 11.5 Å². The number of hydrogen-bond acceptors (Lipinski definition) is 2. The lowest BCUT2D eigenvalue weighted by atomic mass is 9.90. The zero-order valence-electron chi connectivity index (χ0n) is 8.87. The number of ether oxygens (including phenoxy) is 1. The van der Waals surface area contributed by atoms with Crippen molar-refractivity contribution in [2.45, 2.75) is 33.3 Å². The summed E-state index contributed by atoms with van der Waals surface area (Å²) in [6, 6.07) is 3.51. The Kier molecular flexibility index (Phi) is 2.14. The maximum absolute atomic E-state index is 9.44. The molecule has 2 atom stereocenters. The maximum atomic E-state index is 9.44. The van der Waals surface area contributed by atoms with Gasteiger partial charge in [0.05, 0.1) is 6.10 Å². The molecule has 0 fully saturated rings. The first-order chi connectivity index (χ1) is 6.58.